The number of likely N-dealkylation sites (tertiary alicyclic amines) is 1. The molecule has 0 radical (unpaired) electrons. The third-order valence-corrected chi connectivity index (χ3v) is 14.9. The van der Waals surface area contributed by atoms with Crippen molar-refractivity contribution in [2.24, 2.45) is 0 Å². The van der Waals surface area contributed by atoms with Crippen molar-refractivity contribution in [3.05, 3.63) is 0 Å². The van der Waals surface area contributed by atoms with E-state index >= 15 is 0 Å². The van der Waals surface area contributed by atoms with Crippen LogP contribution in [0.1, 0.15) is 304 Å². The number of amides is 2. The van der Waals surface area contributed by atoms with E-state index in [2.05, 4.69) is 42.4 Å². The molecule has 63 heavy (non-hydrogen) atoms. The Bertz CT molecular complexity index is 954. The molecule has 2 amide bonds. The molecule has 1 atom stereocenters. The lowest BCUT2D eigenvalue weighted by Crippen LogP contribution is -2.60. The second-order valence-corrected chi connectivity index (χ2v) is 20.8. The molecule has 0 aromatic rings. The van der Waals surface area contributed by atoms with Crippen LogP contribution in [0.25, 0.3) is 0 Å². The Morgan fingerprint density at radius 3 is 1.00 bits per heavy atom. The molecule has 1 rings (SSSR count). The summed E-state index contributed by atoms with van der Waals surface area (Å²) in [6.07, 6.45) is 53.8. The van der Waals surface area contributed by atoms with Crippen molar-refractivity contribution in [1.29, 1.82) is 0 Å². The summed E-state index contributed by atoms with van der Waals surface area (Å²) in [4.78, 5) is 34.3. The van der Waals surface area contributed by atoms with Crippen LogP contribution in [0.15, 0.2) is 0 Å². The van der Waals surface area contributed by atoms with Crippen LogP contribution in [0.4, 0.5) is 0 Å². The number of hydrogen-bond acceptors (Lipinski definition) is 3. The van der Waals surface area contributed by atoms with Crippen molar-refractivity contribution in [2.45, 2.75) is 309 Å². The first-order chi connectivity index (χ1) is 31.0. The number of carbonyl (C=O) groups is 2. The molecule has 374 valence electrons. The molecule has 5 nitrogen and oxygen atoms in total. The lowest BCUT2D eigenvalue weighted by molar-refractivity contribution is -0.132. The molecule has 1 saturated heterocycles. The Labute approximate surface area is 400 Å². The quantitative estimate of drug-likeness (QED) is 0.0451. The second kappa shape index (κ2) is 45.0. The molecule has 0 N–H and O–H groups in total. The molecule has 0 bridgehead atoms. The van der Waals surface area contributed by atoms with Crippen molar-refractivity contribution in [1.82, 2.24) is 14.7 Å². The van der Waals surface area contributed by atoms with Gasteiger partial charge in [0.25, 0.3) is 0 Å². The highest BCUT2D eigenvalue weighted by Crippen LogP contribution is 2.39. The van der Waals surface area contributed by atoms with Crippen molar-refractivity contribution >= 4 is 23.4 Å². The van der Waals surface area contributed by atoms with E-state index in [1.54, 1.807) is 0 Å². The number of halogens is 1. The minimum absolute atomic E-state index is 0.253. The molecule has 1 unspecified atom stereocenters. The Kier molecular flexibility index (Phi) is 43.0. The van der Waals surface area contributed by atoms with Gasteiger partial charge < -0.3 is 9.80 Å². The van der Waals surface area contributed by atoms with Gasteiger partial charge in [0, 0.05) is 57.0 Å². The van der Waals surface area contributed by atoms with Gasteiger partial charge in [-0.2, -0.15) is 0 Å². The third-order valence-electron chi connectivity index (χ3n) is 14.8. The zero-order valence-corrected chi connectivity index (χ0v) is 44.1. The Morgan fingerprint density at radius 1 is 0.397 bits per heavy atom. The predicted octanol–water partition coefficient (Wildman–Crippen LogP) is 17.8. The van der Waals surface area contributed by atoms with E-state index in [-0.39, 0.29) is 5.54 Å². The maximum atomic E-state index is 13.5. The van der Waals surface area contributed by atoms with Crippen LogP contribution >= 0.6 is 11.6 Å². The molecule has 1 aliphatic rings. The summed E-state index contributed by atoms with van der Waals surface area (Å²) >= 11 is 6.45. The molecule has 0 spiro atoms. The fourth-order valence-electron chi connectivity index (χ4n) is 10.2. The highest BCUT2D eigenvalue weighted by Gasteiger charge is 2.42. The van der Waals surface area contributed by atoms with Gasteiger partial charge >= 0.3 is 0 Å². The average molecular weight is 907 g/mol. The van der Waals surface area contributed by atoms with Crippen molar-refractivity contribution in [2.75, 3.05) is 45.1 Å². The number of carbonyl (C=O) groups excluding carboxylic acids is 2. The summed E-state index contributed by atoms with van der Waals surface area (Å²) in [5.41, 5.74) is 0.253. The summed E-state index contributed by atoms with van der Waals surface area (Å²) < 4.78 is 0. The maximum Gasteiger partial charge on any atom is 0.222 e. The fraction of sp³-hybridized carbons (Fsp3) is 0.965. The van der Waals surface area contributed by atoms with Crippen molar-refractivity contribution < 1.29 is 9.59 Å². The van der Waals surface area contributed by atoms with Crippen LogP contribution in [-0.4, -0.2) is 77.2 Å². The Hall–Kier alpha value is -0.810. The van der Waals surface area contributed by atoms with Gasteiger partial charge in [-0.3, -0.25) is 14.5 Å². The molecular formula is C57H112ClN3O2. The number of unbranched alkanes of at least 4 members (excludes halogenated alkanes) is 32. The number of alkyl halides is 1. The second-order valence-electron chi connectivity index (χ2n) is 20.4. The molecule has 6 heteroatoms. The van der Waals surface area contributed by atoms with Crippen LogP contribution in [-0.2, 0) is 9.59 Å². The van der Waals surface area contributed by atoms with Gasteiger partial charge in [-0.15, -0.1) is 11.6 Å². The highest BCUT2D eigenvalue weighted by atomic mass is 35.5. The number of nitrogens with zero attached hydrogens (tertiary/aromatic N) is 3. The minimum atomic E-state index is 0.253. The van der Waals surface area contributed by atoms with E-state index in [0.29, 0.717) is 18.2 Å². The van der Waals surface area contributed by atoms with Crippen LogP contribution < -0.4 is 0 Å². The maximum absolute atomic E-state index is 13.5. The molecule has 0 aromatic carbocycles. The average Bonchev–Trinajstić information content (AvgIpc) is 3.28. The molecule has 1 fully saturated rings. The van der Waals surface area contributed by atoms with Gasteiger partial charge in [-0.25, -0.2) is 0 Å². The highest BCUT2D eigenvalue weighted by molar-refractivity contribution is 6.17. The van der Waals surface area contributed by atoms with Gasteiger partial charge in [0.1, 0.15) is 0 Å². The molecule has 0 saturated carbocycles. The Morgan fingerprint density at radius 2 is 0.698 bits per heavy atom. The normalized spacial score (nSPS) is 15.3. The van der Waals surface area contributed by atoms with Gasteiger partial charge in [-0.05, 0) is 70.8 Å². The topological polar surface area (TPSA) is 43.9 Å². The van der Waals surface area contributed by atoms with Crippen LogP contribution in [0.2, 0.25) is 0 Å². The summed E-state index contributed by atoms with van der Waals surface area (Å²) in [6.45, 7) is 15.3. The fourth-order valence-corrected chi connectivity index (χ4v) is 10.6. The third kappa shape index (κ3) is 33.3. The van der Waals surface area contributed by atoms with E-state index in [1.807, 2.05) is 0 Å². The first-order valence-electron chi connectivity index (χ1n) is 28.8. The van der Waals surface area contributed by atoms with Gasteiger partial charge in [-0.1, -0.05) is 227 Å². The number of hydrogen-bond donors (Lipinski definition) is 0. The lowest BCUT2D eigenvalue weighted by Gasteiger charge is -2.53. The van der Waals surface area contributed by atoms with Gasteiger partial charge in [0.05, 0.1) is 0 Å². The summed E-state index contributed by atoms with van der Waals surface area (Å²) in [5, 5.41) is 0. The monoisotopic (exact) mass is 906 g/mol. The molecule has 0 aliphatic carbocycles. The minimum Gasteiger partial charge on any atom is -0.343 e. The zero-order valence-electron chi connectivity index (χ0n) is 43.4. The van der Waals surface area contributed by atoms with E-state index in [1.165, 1.54) is 238 Å². The largest absolute Gasteiger partial charge is 0.343 e. The van der Waals surface area contributed by atoms with Crippen LogP contribution in [0.3, 0.4) is 0 Å². The number of rotatable bonds is 50. The Balaban J connectivity index is 2.48. The summed E-state index contributed by atoms with van der Waals surface area (Å²) in [5.74, 6) is 1.54. The van der Waals surface area contributed by atoms with Gasteiger partial charge in [0.2, 0.25) is 11.8 Å². The summed E-state index contributed by atoms with van der Waals surface area (Å²) in [6, 6.07) is 0. The van der Waals surface area contributed by atoms with E-state index in [4.69, 9.17) is 11.6 Å². The van der Waals surface area contributed by atoms with Crippen LogP contribution in [0.5, 0.6) is 0 Å². The van der Waals surface area contributed by atoms with E-state index < -0.39 is 0 Å². The standard InChI is InChI=1S/C57H112ClN3O2/c1-5-9-13-17-21-25-29-38-49-59(50-39-30-26-22-18-14-10-6-2)55(62)43-35-33-37-45-57(46-48-58)47-54-61(57)53-42-34-36-44-56(63)60(51-40-31-27-23-19-15-11-7-3)52-41-32-28-24-20-16-12-8-4/h5-54H2,1-4H3. The van der Waals surface area contributed by atoms with Crippen molar-refractivity contribution in [3.63, 3.8) is 0 Å². The molecule has 1 heterocycles. The molecule has 0 aromatic heterocycles. The lowest BCUT2D eigenvalue weighted by atomic mass is 9.77. The molecular weight excluding hydrogens is 794 g/mol. The SMILES string of the molecule is CCCCCCCCCCN(CCCCCCCCCC)C(=O)CCCCCN1CCC1(CCCl)CCCCCC(=O)N(CCCCCCCCCC)CCCCCCCCCC. The van der Waals surface area contributed by atoms with Crippen molar-refractivity contribution in [3.8, 4) is 0 Å². The van der Waals surface area contributed by atoms with Gasteiger partial charge in [0.15, 0.2) is 0 Å². The van der Waals surface area contributed by atoms with Crippen LogP contribution in [0, 0.1) is 0 Å². The predicted molar refractivity (Wildman–Crippen MR) is 279 cm³/mol. The van der Waals surface area contributed by atoms with E-state index in [0.717, 1.165) is 77.1 Å². The summed E-state index contributed by atoms with van der Waals surface area (Å²) in [7, 11) is 0. The first kappa shape index (κ1) is 60.2. The molecule has 1 aliphatic heterocycles. The van der Waals surface area contributed by atoms with E-state index in [9.17, 15) is 9.59 Å². The first-order valence-corrected chi connectivity index (χ1v) is 29.4. The zero-order chi connectivity index (χ0) is 45.7. The smallest absolute Gasteiger partial charge is 0.222 e.